The number of nitrogens with one attached hydrogen (secondary N) is 1. The van der Waals surface area contributed by atoms with E-state index < -0.39 is 12.1 Å². The van der Waals surface area contributed by atoms with E-state index in [1.807, 2.05) is 6.08 Å². The monoisotopic (exact) mass is 860 g/mol. The van der Waals surface area contributed by atoms with Crippen LogP contribution in [0.25, 0.3) is 0 Å². The van der Waals surface area contributed by atoms with Gasteiger partial charge >= 0.3 is 5.97 Å². The number of allylic oxidation sites excluding steroid dienone is 3. The number of aliphatic hydroxyl groups is 2. The summed E-state index contributed by atoms with van der Waals surface area (Å²) in [7, 11) is 0. The van der Waals surface area contributed by atoms with Crippen molar-refractivity contribution in [3.8, 4) is 0 Å². The van der Waals surface area contributed by atoms with Crippen molar-refractivity contribution >= 4 is 11.9 Å². The summed E-state index contributed by atoms with van der Waals surface area (Å²) in [6, 6.07) is -0.629. The smallest absolute Gasteiger partial charge is 0.305 e. The fraction of sp³-hybridized carbons (Fsp3) is 0.891. The summed E-state index contributed by atoms with van der Waals surface area (Å²) < 4.78 is 5.47. The molecule has 2 unspecified atom stereocenters. The topological polar surface area (TPSA) is 95.9 Å². The molecule has 0 aromatic heterocycles. The number of esters is 1. The van der Waals surface area contributed by atoms with Crippen LogP contribution in [0.2, 0.25) is 0 Å². The fourth-order valence-corrected chi connectivity index (χ4v) is 8.27. The van der Waals surface area contributed by atoms with Crippen LogP contribution in [0.15, 0.2) is 24.3 Å². The van der Waals surface area contributed by atoms with Gasteiger partial charge < -0.3 is 20.3 Å². The number of hydrogen-bond donors (Lipinski definition) is 3. The Balaban J connectivity index is 3.40. The zero-order valence-corrected chi connectivity index (χ0v) is 40.9. The van der Waals surface area contributed by atoms with Gasteiger partial charge in [0.15, 0.2) is 0 Å². The van der Waals surface area contributed by atoms with Crippen molar-refractivity contribution in [3.63, 3.8) is 0 Å². The van der Waals surface area contributed by atoms with Gasteiger partial charge in [-0.15, -0.1) is 0 Å². The Hall–Kier alpha value is -1.66. The second-order valence-electron chi connectivity index (χ2n) is 18.6. The maximum absolute atomic E-state index is 12.4. The number of amides is 1. The molecule has 0 aromatic carbocycles. The molecule has 0 fully saturated rings. The quantitative estimate of drug-likeness (QED) is 0.0322. The van der Waals surface area contributed by atoms with Gasteiger partial charge in [0.25, 0.3) is 0 Å². The molecule has 1 amide bonds. The van der Waals surface area contributed by atoms with E-state index in [-0.39, 0.29) is 18.5 Å². The van der Waals surface area contributed by atoms with Crippen molar-refractivity contribution < 1.29 is 24.5 Å². The van der Waals surface area contributed by atoms with Crippen molar-refractivity contribution in [2.45, 2.75) is 302 Å². The van der Waals surface area contributed by atoms with E-state index in [1.165, 1.54) is 218 Å². The molecule has 0 aromatic rings. The van der Waals surface area contributed by atoms with E-state index in [1.54, 1.807) is 6.08 Å². The van der Waals surface area contributed by atoms with Crippen LogP contribution in [0.3, 0.4) is 0 Å². The predicted octanol–water partition coefficient (Wildman–Crippen LogP) is 16.3. The van der Waals surface area contributed by atoms with E-state index in [2.05, 4.69) is 31.3 Å². The average molecular weight is 860 g/mol. The first kappa shape index (κ1) is 59.3. The van der Waals surface area contributed by atoms with Gasteiger partial charge in [0.1, 0.15) is 0 Å². The third-order valence-corrected chi connectivity index (χ3v) is 12.5. The van der Waals surface area contributed by atoms with Crippen LogP contribution in [0.5, 0.6) is 0 Å². The van der Waals surface area contributed by atoms with Gasteiger partial charge in [-0.1, -0.05) is 244 Å². The average Bonchev–Trinajstić information content (AvgIpc) is 3.26. The van der Waals surface area contributed by atoms with Crippen molar-refractivity contribution in [2.24, 2.45) is 0 Å². The Morgan fingerprint density at radius 1 is 0.443 bits per heavy atom. The lowest BCUT2D eigenvalue weighted by Crippen LogP contribution is -2.45. The minimum absolute atomic E-state index is 0.00123. The first-order valence-corrected chi connectivity index (χ1v) is 27.1. The highest BCUT2D eigenvalue weighted by Gasteiger charge is 2.18. The molecule has 0 bridgehead atoms. The SMILES string of the molecule is CCCCCCCCC/C=C\CCCCCCCC(=O)OCCCCCCCCCCCCCCCCCCCCC(=O)NC(CO)C(O)/C=C/CCCCCCCCCC. The number of hydrogen-bond acceptors (Lipinski definition) is 5. The predicted molar refractivity (Wildman–Crippen MR) is 264 cm³/mol. The van der Waals surface area contributed by atoms with Crippen molar-refractivity contribution in [3.05, 3.63) is 24.3 Å². The Bertz CT molecular complexity index is 951. The molecule has 0 spiro atoms. The summed E-state index contributed by atoms with van der Waals surface area (Å²) in [4.78, 5) is 24.4. The van der Waals surface area contributed by atoms with E-state index in [4.69, 9.17) is 4.74 Å². The molecule has 6 nitrogen and oxygen atoms in total. The van der Waals surface area contributed by atoms with Crippen LogP contribution in [0.4, 0.5) is 0 Å². The summed E-state index contributed by atoms with van der Waals surface area (Å²) >= 11 is 0. The van der Waals surface area contributed by atoms with Crippen LogP contribution in [0, 0.1) is 0 Å². The molecule has 360 valence electrons. The van der Waals surface area contributed by atoms with Crippen LogP contribution >= 0.6 is 0 Å². The highest BCUT2D eigenvalue weighted by atomic mass is 16.5. The maximum atomic E-state index is 12.4. The third-order valence-electron chi connectivity index (χ3n) is 12.5. The van der Waals surface area contributed by atoms with Gasteiger partial charge in [0.05, 0.1) is 25.4 Å². The van der Waals surface area contributed by atoms with Gasteiger partial charge in [0, 0.05) is 12.8 Å². The van der Waals surface area contributed by atoms with Gasteiger partial charge in [-0.05, 0) is 57.8 Å². The van der Waals surface area contributed by atoms with Crippen molar-refractivity contribution in [1.29, 1.82) is 0 Å². The largest absolute Gasteiger partial charge is 0.466 e. The lowest BCUT2D eigenvalue weighted by atomic mass is 10.0. The molecule has 61 heavy (non-hydrogen) atoms. The van der Waals surface area contributed by atoms with Gasteiger partial charge in [-0.3, -0.25) is 9.59 Å². The second-order valence-corrected chi connectivity index (χ2v) is 18.6. The molecule has 0 heterocycles. The summed E-state index contributed by atoms with van der Waals surface area (Å²) in [5, 5.41) is 22.9. The Morgan fingerprint density at radius 3 is 1.16 bits per heavy atom. The number of unbranched alkanes of at least 4 members (excludes halogenated alkanes) is 37. The second kappa shape index (κ2) is 51.0. The van der Waals surface area contributed by atoms with Crippen LogP contribution in [0.1, 0.15) is 290 Å². The summed E-state index contributed by atoms with van der Waals surface area (Å²) in [6.45, 7) is 4.87. The Morgan fingerprint density at radius 2 is 0.770 bits per heavy atom. The molecule has 0 saturated heterocycles. The van der Waals surface area contributed by atoms with E-state index in [9.17, 15) is 19.8 Å². The molecular weight excluding hydrogens is 755 g/mol. The zero-order chi connectivity index (χ0) is 44.4. The van der Waals surface area contributed by atoms with Gasteiger partial charge in [-0.25, -0.2) is 0 Å². The third kappa shape index (κ3) is 47.7. The fourth-order valence-electron chi connectivity index (χ4n) is 8.27. The lowest BCUT2D eigenvalue weighted by molar-refractivity contribution is -0.143. The zero-order valence-electron chi connectivity index (χ0n) is 40.9. The summed E-state index contributed by atoms with van der Waals surface area (Å²) in [6.07, 6.45) is 60.5. The van der Waals surface area contributed by atoms with Crippen LogP contribution in [-0.4, -0.2) is 47.4 Å². The van der Waals surface area contributed by atoms with Crippen molar-refractivity contribution in [2.75, 3.05) is 13.2 Å². The molecule has 0 rings (SSSR count). The molecule has 0 saturated carbocycles. The molecule has 0 aliphatic rings. The number of ether oxygens (including phenoxy) is 1. The molecule has 3 N–H and O–H groups in total. The summed E-state index contributed by atoms with van der Waals surface area (Å²) in [5.41, 5.74) is 0. The van der Waals surface area contributed by atoms with E-state index >= 15 is 0 Å². The first-order valence-electron chi connectivity index (χ1n) is 27.1. The molecular formula is C55H105NO5. The summed E-state index contributed by atoms with van der Waals surface area (Å²) in [5.74, 6) is -0.0752. The molecule has 0 aliphatic heterocycles. The molecule has 2 atom stereocenters. The minimum atomic E-state index is -0.845. The molecule has 6 heteroatoms. The number of aliphatic hydroxyl groups excluding tert-OH is 2. The van der Waals surface area contributed by atoms with Crippen LogP contribution < -0.4 is 5.32 Å². The first-order chi connectivity index (χ1) is 30.0. The Kier molecular flexibility index (Phi) is 49.6. The van der Waals surface area contributed by atoms with E-state index in [0.29, 0.717) is 19.4 Å². The lowest BCUT2D eigenvalue weighted by Gasteiger charge is -2.20. The highest BCUT2D eigenvalue weighted by molar-refractivity contribution is 5.76. The number of carbonyl (C=O) groups is 2. The Labute approximate surface area is 380 Å². The normalized spacial score (nSPS) is 12.8. The molecule has 0 aliphatic carbocycles. The maximum Gasteiger partial charge on any atom is 0.305 e. The van der Waals surface area contributed by atoms with Gasteiger partial charge in [0.2, 0.25) is 5.91 Å². The van der Waals surface area contributed by atoms with Crippen LogP contribution in [-0.2, 0) is 14.3 Å². The van der Waals surface area contributed by atoms with E-state index in [0.717, 1.165) is 44.9 Å². The van der Waals surface area contributed by atoms with Gasteiger partial charge in [-0.2, -0.15) is 0 Å². The molecule has 0 radical (unpaired) electrons. The number of carbonyl (C=O) groups excluding carboxylic acids is 2. The van der Waals surface area contributed by atoms with Crippen molar-refractivity contribution in [1.82, 2.24) is 5.32 Å². The number of rotatable bonds is 50. The standard InChI is InChI=1S/C55H105NO5/c1-3-5-7-9-11-13-15-16-17-23-26-29-33-37-41-45-49-55(60)61-50-46-42-38-34-30-27-24-21-19-18-20-22-25-28-32-36-40-44-48-54(59)56-52(51-57)53(58)47-43-39-35-31-14-12-10-8-6-4-2/h17,23,43,47,52-53,57-58H,3-16,18-22,24-42,44-46,48-51H2,1-2H3,(H,56,59)/b23-17-,47-43+. The highest BCUT2D eigenvalue weighted by Crippen LogP contribution is 2.16. The minimum Gasteiger partial charge on any atom is -0.466 e.